The fourth-order valence-corrected chi connectivity index (χ4v) is 1.73. The minimum atomic E-state index is -0.784. The molecule has 108 valence electrons. The quantitative estimate of drug-likeness (QED) is 0.644. The molecule has 0 saturated heterocycles. The molecule has 0 fully saturated rings. The Morgan fingerprint density at radius 2 is 1.90 bits per heavy atom. The van der Waals surface area contributed by atoms with Crippen molar-refractivity contribution in [2.45, 2.75) is 0 Å². The van der Waals surface area contributed by atoms with E-state index in [0.29, 0.717) is 0 Å². The van der Waals surface area contributed by atoms with E-state index in [-0.39, 0.29) is 28.0 Å². The molecular formula is C10H7ClN6O4. The molecule has 3 N–H and O–H groups in total. The number of hydrogen-bond acceptors (Lipinski definition) is 8. The zero-order valence-electron chi connectivity index (χ0n) is 10.2. The summed E-state index contributed by atoms with van der Waals surface area (Å²) < 4.78 is 0. The Bertz CT molecular complexity index is 737. The monoisotopic (exact) mass is 310 g/mol. The van der Waals surface area contributed by atoms with Gasteiger partial charge in [0.05, 0.1) is 9.85 Å². The van der Waals surface area contributed by atoms with Crippen LogP contribution in [0.4, 0.5) is 28.7 Å². The van der Waals surface area contributed by atoms with Gasteiger partial charge in [-0.2, -0.15) is 0 Å². The number of aromatic nitrogens is 2. The summed E-state index contributed by atoms with van der Waals surface area (Å²) in [7, 11) is 0. The van der Waals surface area contributed by atoms with Crippen LogP contribution in [0.5, 0.6) is 0 Å². The molecule has 0 radical (unpaired) electrons. The van der Waals surface area contributed by atoms with Gasteiger partial charge in [-0.1, -0.05) is 11.6 Å². The zero-order valence-corrected chi connectivity index (χ0v) is 10.9. The summed E-state index contributed by atoms with van der Waals surface area (Å²) in [5.74, 6) is -0.625. The largest absolute Gasteiger partial charge is 0.378 e. The molecule has 0 amide bonds. The number of anilines is 3. The summed E-state index contributed by atoms with van der Waals surface area (Å²) in [6.45, 7) is 0. The number of nitro groups is 2. The Hall–Kier alpha value is -3.01. The van der Waals surface area contributed by atoms with Crippen LogP contribution in [-0.2, 0) is 0 Å². The Labute approximate surface area is 121 Å². The first-order valence-corrected chi connectivity index (χ1v) is 5.73. The van der Waals surface area contributed by atoms with Crippen LogP contribution in [-0.4, -0.2) is 19.8 Å². The summed E-state index contributed by atoms with van der Waals surface area (Å²) in [5.41, 5.74) is 4.47. The molecule has 0 spiro atoms. The first-order valence-electron chi connectivity index (χ1n) is 5.36. The molecule has 0 unspecified atom stereocenters. The van der Waals surface area contributed by atoms with Crippen molar-refractivity contribution in [1.82, 2.24) is 9.97 Å². The van der Waals surface area contributed by atoms with Crippen molar-refractivity contribution in [3.8, 4) is 0 Å². The van der Waals surface area contributed by atoms with Crippen molar-refractivity contribution in [1.29, 1.82) is 0 Å². The van der Waals surface area contributed by atoms with Gasteiger partial charge in [-0.3, -0.25) is 20.2 Å². The molecule has 0 saturated carbocycles. The first-order chi connectivity index (χ1) is 9.90. The second-order valence-corrected chi connectivity index (χ2v) is 4.19. The highest BCUT2D eigenvalue weighted by atomic mass is 35.5. The lowest BCUT2D eigenvalue weighted by molar-refractivity contribution is -0.384. The molecule has 0 atom stereocenters. The minimum absolute atomic E-state index is 0.0475. The van der Waals surface area contributed by atoms with E-state index >= 15 is 0 Å². The van der Waals surface area contributed by atoms with Crippen molar-refractivity contribution >= 4 is 40.3 Å². The van der Waals surface area contributed by atoms with Gasteiger partial charge in [0.2, 0.25) is 11.6 Å². The molecule has 0 bridgehead atoms. The summed E-state index contributed by atoms with van der Waals surface area (Å²) in [6.07, 6.45) is 1.00. The van der Waals surface area contributed by atoms with Crippen molar-refractivity contribution in [3.05, 3.63) is 49.8 Å². The molecule has 1 aromatic heterocycles. The van der Waals surface area contributed by atoms with Gasteiger partial charge in [0.15, 0.2) is 0 Å². The maximum Gasteiger partial charge on any atom is 0.353 e. The molecule has 0 aliphatic heterocycles. The summed E-state index contributed by atoms with van der Waals surface area (Å²) >= 11 is 5.77. The SMILES string of the molecule is Nc1ncnc(Nc2cc(Cl)ccc2[N+](=O)[O-])c1[N+](=O)[O-]. The fourth-order valence-electron chi connectivity index (χ4n) is 1.56. The second kappa shape index (κ2) is 5.54. The first kappa shape index (κ1) is 14.4. The lowest BCUT2D eigenvalue weighted by atomic mass is 10.2. The predicted octanol–water partition coefficient (Wildman–Crippen LogP) is 2.27. The van der Waals surface area contributed by atoms with E-state index in [4.69, 9.17) is 17.3 Å². The van der Waals surface area contributed by atoms with E-state index in [2.05, 4.69) is 15.3 Å². The van der Waals surface area contributed by atoms with Gasteiger partial charge in [0, 0.05) is 11.1 Å². The topological polar surface area (TPSA) is 150 Å². The number of rotatable bonds is 4. The maximum absolute atomic E-state index is 11.0. The van der Waals surface area contributed by atoms with Gasteiger partial charge < -0.3 is 11.1 Å². The third-order valence-corrected chi connectivity index (χ3v) is 2.68. The van der Waals surface area contributed by atoms with Crippen LogP contribution in [0.3, 0.4) is 0 Å². The number of nitrogens with two attached hydrogens (primary N) is 1. The maximum atomic E-state index is 11.0. The number of halogens is 1. The fraction of sp³-hybridized carbons (Fsp3) is 0. The molecule has 10 nitrogen and oxygen atoms in total. The van der Waals surface area contributed by atoms with Crippen molar-refractivity contribution in [2.24, 2.45) is 0 Å². The molecule has 1 heterocycles. The Morgan fingerprint density at radius 3 is 2.52 bits per heavy atom. The Morgan fingerprint density at radius 1 is 1.19 bits per heavy atom. The standard InChI is InChI=1S/C10H7ClN6O4/c11-5-1-2-7(16(18)19)6(3-5)15-10-8(17(20)21)9(12)13-4-14-10/h1-4H,(H3,12,13,14,15). The number of nitro benzene ring substituents is 1. The smallest absolute Gasteiger partial charge is 0.353 e. The van der Waals surface area contributed by atoms with Gasteiger partial charge in [-0.05, 0) is 12.1 Å². The summed E-state index contributed by atoms with van der Waals surface area (Å²) in [6, 6.07) is 3.75. The van der Waals surface area contributed by atoms with Crippen LogP contribution in [0.2, 0.25) is 5.02 Å². The van der Waals surface area contributed by atoms with E-state index in [0.717, 1.165) is 6.33 Å². The second-order valence-electron chi connectivity index (χ2n) is 3.76. The third kappa shape index (κ3) is 2.95. The normalized spacial score (nSPS) is 10.1. The lowest BCUT2D eigenvalue weighted by Gasteiger charge is -2.07. The average Bonchev–Trinajstić information content (AvgIpc) is 2.37. The molecule has 2 rings (SSSR count). The highest BCUT2D eigenvalue weighted by Gasteiger charge is 2.23. The average molecular weight is 311 g/mol. The Kier molecular flexibility index (Phi) is 3.80. The Balaban J connectivity index is 2.53. The lowest BCUT2D eigenvalue weighted by Crippen LogP contribution is -2.06. The van der Waals surface area contributed by atoms with Crippen LogP contribution in [0.25, 0.3) is 0 Å². The van der Waals surface area contributed by atoms with Crippen LogP contribution >= 0.6 is 11.6 Å². The van der Waals surface area contributed by atoms with Gasteiger partial charge in [-0.15, -0.1) is 0 Å². The van der Waals surface area contributed by atoms with Crippen molar-refractivity contribution in [2.75, 3.05) is 11.1 Å². The molecule has 0 aliphatic carbocycles. The molecular weight excluding hydrogens is 304 g/mol. The van der Waals surface area contributed by atoms with E-state index in [1.165, 1.54) is 18.2 Å². The minimum Gasteiger partial charge on any atom is -0.378 e. The van der Waals surface area contributed by atoms with E-state index in [1.54, 1.807) is 0 Å². The number of nitrogens with one attached hydrogen (secondary N) is 1. The molecule has 11 heteroatoms. The van der Waals surface area contributed by atoms with E-state index < -0.39 is 15.5 Å². The van der Waals surface area contributed by atoms with Gasteiger partial charge in [0.1, 0.15) is 12.0 Å². The van der Waals surface area contributed by atoms with Crippen molar-refractivity contribution in [3.63, 3.8) is 0 Å². The van der Waals surface area contributed by atoms with Crippen LogP contribution < -0.4 is 11.1 Å². The van der Waals surface area contributed by atoms with Gasteiger partial charge in [-0.25, -0.2) is 9.97 Å². The summed E-state index contributed by atoms with van der Waals surface area (Å²) in [5, 5.41) is 24.6. The van der Waals surface area contributed by atoms with Crippen LogP contribution in [0.1, 0.15) is 0 Å². The number of benzene rings is 1. The highest BCUT2D eigenvalue weighted by Crippen LogP contribution is 2.34. The van der Waals surface area contributed by atoms with Gasteiger partial charge in [0.25, 0.3) is 5.69 Å². The predicted molar refractivity (Wildman–Crippen MR) is 74.5 cm³/mol. The number of hydrogen-bond donors (Lipinski definition) is 2. The molecule has 2 aromatic rings. The van der Waals surface area contributed by atoms with Crippen LogP contribution in [0.15, 0.2) is 24.5 Å². The van der Waals surface area contributed by atoms with Gasteiger partial charge >= 0.3 is 5.69 Å². The molecule has 21 heavy (non-hydrogen) atoms. The number of nitrogen functional groups attached to an aromatic ring is 1. The third-order valence-electron chi connectivity index (χ3n) is 2.44. The van der Waals surface area contributed by atoms with E-state index in [1.807, 2.05) is 0 Å². The zero-order chi connectivity index (χ0) is 15.6. The van der Waals surface area contributed by atoms with E-state index in [9.17, 15) is 20.2 Å². The molecule has 0 aliphatic rings. The molecule has 1 aromatic carbocycles. The number of nitrogens with zero attached hydrogens (tertiary/aromatic N) is 4. The van der Waals surface area contributed by atoms with Crippen LogP contribution in [0, 0.1) is 20.2 Å². The summed E-state index contributed by atoms with van der Waals surface area (Å²) in [4.78, 5) is 27.6. The highest BCUT2D eigenvalue weighted by molar-refractivity contribution is 6.31. The van der Waals surface area contributed by atoms with Crippen molar-refractivity contribution < 1.29 is 9.85 Å².